The molecule has 0 aromatic carbocycles. The van der Waals surface area contributed by atoms with Crippen LogP contribution in [0.3, 0.4) is 0 Å². The molecular formula is C9H6BrF3N2. The lowest BCUT2D eigenvalue weighted by Gasteiger charge is -2.05. The molecule has 0 saturated heterocycles. The Kier molecular flexibility index (Phi) is 2.46. The van der Waals surface area contributed by atoms with E-state index in [1.54, 1.807) is 10.6 Å². The summed E-state index contributed by atoms with van der Waals surface area (Å²) in [5.74, 6) is 0. The van der Waals surface area contributed by atoms with Gasteiger partial charge in [0.15, 0.2) is 0 Å². The van der Waals surface area contributed by atoms with Crippen molar-refractivity contribution in [1.29, 1.82) is 0 Å². The molecule has 0 fully saturated rings. The molecule has 0 N–H and O–H groups in total. The van der Waals surface area contributed by atoms with Crippen LogP contribution in [0, 0.1) is 0 Å². The molecular weight excluding hydrogens is 273 g/mol. The van der Waals surface area contributed by atoms with Crippen LogP contribution < -0.4 is 0 Å². The third-order valence-electron chi connectivity index (χ3n) is 1.97. The van der Waals surface area contributed by atoms with E-state index in [0.717, 1.165) is 12.1 Å². The number of hydrogen-bond donors (Lipinski definition) is 0. The summed E-state index contributed by atoms with van der Waals surface area (Å²) in [6.45, 7) is 0. The Balaban J connectivity index is 2.55. The van der Waals surface area contributed by atoms with Gasteiger partial charge in [-0.05, 0) is 12.1 Å². The van der Waals surface area contributed by atoms with E-state index < -0.39 is 11.7 Å². The predicted octanol–water partition coefficient (Wildman–Crippen LogP) is 3.25. The van der Waals surface area contributed by atoms with E-state index in [1.165, 1.54) is 6.20 Å². The monoisotopic (exact) mass is 278 g/mol. The van der Waals surface area contributed by atoms with Gasteiger partial charge in [0.1, 0.15) is 5.65 Å². The van der Waals surface area contributed by atoms with Crippen LogP contribution in [0.4, 0.5) is 13.2 Å². The number of rotatable bonds is 1. The van der Waals surface area contributed by atoms with Crippen LogP contribution in [-0.2, 0) is 11.5 Å². The van der Waals surface area contributed by atoms with Gasteiger partial charge >= 0.3 is 6.18 Å². The van der Waals surface area contributed by atoms with Crippen molar-refractivity contribution in [3.8, 4) is 0 Å². The molecule has 0 spiro atoms. The van der Waals surface area contributed by atoms with E-state index in [-0.39, 0.29) is 0 Å². The summed E-state index contributed by atoms with van der Waals surface area (Å²) in [5.41, 5.74) is 0.329. The average Bonchev–Trinajstić information content (AvgIpc) is 2.57. The summed E-state index contributed by atoms with van der Waals surface area (Å²) in [6, 6.07) is 2.07. The van der Waals surface area contributed by atoms with E-state index in [9.17, 15) is 13.2 Å². The molecule has 80 valence electrons. The van der Waals surface area contributed by atoms with Gasteiger partial charge in [0, 0.05) is 17.7 Å². The second-order valence-electron chi connectivity index (χ2n) is 3.04. The molecule has 2 heterocycles. The van der Waals surface area contributed by atoms with Crippen molar-refractivity contribution in [2.75, 3.05) is 0 Å². The molecule has 0 saturated carbocycles. The van der Waals surface area contributed by atoms with Gasteiger partial charge in [-0.25, -0.2) is 4.98 Å². The van der Waals surface area contributed by atoms with Crippen LogP contribution in [-0.4, -0.2) is 9.38 Å². The third kappa shape index (κ3) is 1.99. The highest BCUT2D eigenvalue weighted by molar-refractivity contribution is 9.08. The van der Waals surface area contributed by atoms with Crippen LogP contribution >= 0.6 is 15.9 Å². The molecule has 0 amide bonds. The highest BCUT2D eigenvalue weighted by Gasteiger charge is 2.30. The lowest BCUT2D eigenvalue weighted by molar-refractivity contribution is -0.137. The maximum atomic E-state index is 12.4. The summed E-state index contributed by atoms with van der Waals surface area (Å²) in [6.07, 6.45) is -1.27. The Labute approximate surface area is 91.9 Å². The highest BCUT2D eigenvalue weighted by atomic mass is 79.9. The zero-order valence-electron chi connectivity index (χ0n) is 7.42. The highest BCUT2D eigenvalue weighted by Crippen LogP contribution is 2.29. The Morgan fingerprint density at radius 2 is 2.13 bits per heavy atom. The molecule has 2 rings (SSSR count). The van der Waals surface area contributed by atoms with Crippen molar-refractivity contribution in [2.45, 2.75) is 11.5 Å². The third-order valence-corrected chi connectivity index (χ3v) is 2.55. The van der Waals surface area contributed by atoms with E-state index in [0.29, 0.717) is 16.7 Å². The number of aromatic nitrogens is 2. The minimum atomic E-state index is -4.32. The molecule has 0 atom stereocenters. The fourth-order valence-corrected chi connectivity index (χ4v) is 1.55. The molecule has 2 aromatic heterocycles. The zero-order valence-corrected chi connectivity index (χ0v) is 9.01. The molecule has 0 bridgehead atoms. The SMILES string of the molecule is FC(F)(F)c1ccn2cc(CBr)nc2c1. The molecule has 0 radical (unpaired) electrons. The fraction of sp³-hybridized carbons (Fsp3) is 0.222. The Morgan fingerprint density at radius 3 is 2.73 bits per heavy atom. The summed E-state index contributed by atoms with van der Waals surface area (Å²) in [7, 11) is 0. The van der Waals surface area contributed by atoms with E-state index in [1.807, 2.05) is 0 Å². The second-order valence-corrected chi connectivity index (χ2v) is 3.61. The summed E-state index contributed by atoms with van der Waals surface area (Å²) >= 11 is 3.20. The van der Waals surface area contributed by atoms with Crippen molar-refractivity contribution in [3.05, 3.63) is 35.8 Å². The van der Waals surface area contributed by atoms with Gasteiger partial charge in [-0.3, -0.25) is 0 Å². The van der Waals surface area contributed by atoms with Crippen LogP contribution in [0.15, 0.2) is 24.5 Å². The first-order valence-electron chi connectivity index (χ1n) is 4.11. The maximum absolute atomic E-state index is 12.4. The Morgan fingerprint density at radius 1 is 1.40 bits per heavy atom. The molecule has 15 heavy (non-hydrogen) atoms. The predicted molar refractivity (Wildman–Crippen MR) is 52.8 cm³/mol. The van der Waals surface area contributed by atoms with E-state index in [2.05, 4.69) is 20.9 Å². The minimum Gasteiger partial charge on any atom is -0.307 e. The first-order valence-corrected chi connectivity index (χ1v) is 5.23. The number of halogens is 4. The van der Waals surface area contributed by atoms with Gasteiger partial charge in [0.05, 0.1) is 11.3 Å². The van der Waals surface area contributed by atoms with Gasteiger partial charge in [-0.2, -0.15) is 13.2 Å². The quantitative estimate of drug-likeness (QED) is 0.732. The average molecular weight is 279 g/mol. The molecule has 0 aliphatic carbocycles. The largest absolute Gasteiger partial charge is 0.416 e. The molecule has 0 aliphatic heterocycles. The normalized spacial score (nSPS) is 12.3. The number of nitrogens with zero attached hydrogens (tertiary/aromatic N) is 2. The standard InChI is InChI=1S/C9H6BrF3N2/c10-4-7-5-15-2-1-6(9(11,12)13)3-8(15)14-7/h1-3,5H,4H2. The molecule has 2 nitrogen and oxygen atoms in total. The lowest BCUT2D eigenvalue weighted by atomic mass is 10.2. The van der Waals surface area contributed by atoms with Crippen LogP contribution in [0.5, 0.6) is 0 Å². The van der Waals surface area contributed by atoms with Gasteiger partial charge in [0.25, 0.3) is 0 Å². The lowest BCUT2D eigenvalue weighted by Crippen LogP contribution is -2.05. The van der Waals surface area contributed by atoms with Crippen molar-refractivity contribution in [2.24, 2.45) is 0 Å². The number of hydrogen-bond acceptors (Lipinski definition) is 1. The molecule has 0 unspecified atom stereocenters. The minimum absolute atomic E-state index is 0.305. The van der Waals surface area contributed by atoms with Crippen LogP contribution in [0.25, 0.3) is 5.65 Å². The number of imidazole rings is 1. The Hall–Kier alpha value is -1.04. The maximum Gasteiger partial charge on any atom is 0.416 e. The number of fused-ring (bicyclic) bond motifs is 1. The first-order chi connectivity index (χ1) is 7.00. The summed E-state index contributed by atoms with van der Waals surface area (Å²) < 4.78 is 38.6. The summed E-state index contributed by atoms with van der Waals surface area (Å²) in [4.78, 5) is 4.02. The van der Waals surface area contributed by atoms with Crippen molar-refractivity contribution < 1.29 is 13.2 Å². The van der Waals surface area contributed by atoms with Crippen molar-refractivity contribution in [1.82, 2.24) is 9.38 Å². The first kappa shape index (κ1) is 10.5. The smallest absolute Gasteiger partial charge is 0.307 e. The molecule has 0 aliphatic rings. The Bertz CT molecular complexity index is 490. The molecule has 2 aromatic rings. The van der Waals surface area contributed by atoms with Crippen molar-refractivity contribution in [3.63, 3.8) is 0 Å². The van der Waals surface area contributed by atoms with Gasteiger partial charge in [-0.1, -0.05) is 15.9 Å². The topological polar surface area (TPSA) is 17.3 Å². The van der Waals surface area contributed by atoms with Crippen LogP contribution in [0.1, 0.15) is 11.3 Å². The number of pyridine rings is 1. The second kappa shape index (κ2) is 3.52. The fourth-order valence-electron chi connectivity index (χ4n) is 1.28. The van der Waals surface area contributed by atoms with Gasteiger partial charge < -0.3 is 4.40 Å². The summed E-state index contributed by atoms with van der Waals surface area (Å²) in [5, 5.41) is 0.524. The van der Waals surface area contributed by atoms with E-state index in [4.69, 9.17) is 0 Å². The van der Waals surface area contributed by atoms with Gasteiger partial charge in [0.2, 0.25) is 0 Å². The van der Waals surface area contributed by atoms with Gasteiger partial charge in [-0.15, -0.1) is 0 Å². The van der Waals surface area contributed by atoms with Crippen LogP contribution in [0.2, 0.25) is 0 Å². The van der Waals surface area contributed by atoms with E-state index >= 15 is 0 Å². The zero-order chi connectivity index (χ0) is 11.1. The molecule has 6 heteroatoms. The van der Waals surface area contributed by atoms with Crippen molar-refractivity contribution >= 4 is 21.6 Å². The number of alkyl halides is 4.